The number of imidazole rings is 1. The first-order valence-electron chi connectivity index (χ1n) is 5.25. The van der Waals surface area contributed by atoms with E-state index < -0.39 is 0 Å². The van der Waals surface area contributed by atoms with Gasteiger partial charge in [0.05, 0.1) is 5.69 Å². The Morgan fingerprint density at radius 3 is 2.62 bits per heavy atom. The highest BCUT2D eigenvalue weighted by Crippen LogP contribution is 2.20. The lowest BCUT2D eigenvalue weighted by molar-refractivity contribution is 0.475. The molecule has 0 fully saturated rings. The van der Waals surface area contributed by atoms with Gasteiger partial charge in [0.15, 0.2) is 0 Å². The molecule has 0 unspecified atom stereocenters. The van der Waals surface area contributed by atoms with E-state index in [1.54, 1.807) is 12.1 Å². The lowest BCUT2D eigenvalue weighted by Gasteiger charge is -1.96. The molecule has 0 aliphatic carbocycles. The van der Waals surface area contributed by atoms with E-state index in [1.165, 1.54) is 0 Å². The Kier molecular flexibility index (Phi) is 2.92. The van der Waals surface area contributed by atoms with Crippen LogP contribution in [0.4, 0.5) is 0 Å². The van der Waals surface area contributed by atoms with Gasteiger partial charge in [-0.2, -0.15) is 0 Å². The van der Waals surface area contributed by atoms with E-state index in [0.29, 0.717) is 6.54 Å². The maximum atomic E-state index is 9.20. The maximum absolute atomic E-state index is 9.20. The molecule has 0 amide bonds. The van der Waals surface area contributed by atoms with Crippen LogP contribution in [0.3, 0.4) is 0 Å². The van der Waals surface area contributed by atoms with Crippen molar-refractivity contribution in [2.75, 3.05) is 6.54 Å². The molecule has 0 radical (unpaired) electrons. The van der Waals surface area contributed by atoms with Crippen LogP contribution in [0.2, 0.25) is 0 Å². The van der Waals surface area contributed by atoms with E-state index in [2.05, 4.69) is 9.97 Å². The first-order chi connectivity index (χ1) is 7.70. The number of aryl methyl sites for hydroxylation is 1. The van der Waals surface area contributed by atoms with Crippen molar-refractivity contribution in [3.8, 4) is 17.1 Å². The molecule has 0 atom stereocenters. The molecule has 4 nitrogen and oxygen atoms in total. The van der Waals surface area contributed by atoms with Gasteiger partial charge in [0.2, 0.25) is 0 Å². The van der Waals surface area contributed by atoms with Crippen LogP contribution < -0.4 is 5.73 Å². The molecule has 0 saturated carbocycles. The summed E-state index contributed by atoms with van der Waals surface area (Å²) in [6, 6.07) is 6.96. The number of hydrogen-bond acceptors (Lipinski definition) is 3. The lowest BCUT2D eigenvalue weighted by atomic mass is 10.2. The Hall–Kier alpha value is -1.81. The minimum absolute atomic E-state index is 0.259. The van der Waals surface area contributed by atoms with Crippen molar-refractivity contribution < 1.29 is 5.11 Å². The number of nitrogens with zero attached hydrogens (tertiary/aromatic N) is 1. The number of phenolic OH excluding ortho intramolecular Hbond substituents is 1. The Bertz CT molecular complexity index is 474. The average Bonchev–Trinajstić information content (AvgIpc) is 2.62. The van der Waals surface area contributed by atoms with Gasteiger partial charge in [-0.15, -0.1) is 0 Å². The van der Waals surface area contributed by atoms with Crippen molar-refractivity contribution in [3.63, 3.8) is 0 Å². The molecule has 1 aromatic heterocycles. The van der Waals surface area contributed by atoms with Crippen LogP contribution >= 0.6 is 0 Å². The molecule has 4 heteroatoms. The Morgan fingerprint density at radius 1 is 1.31 bits per heavy atom. The summed E-state index contributed by atoms with van der Waals surface area (Å²) in [7, 11) is 0. The average molecular weight is 217 g/mol. The van der Waals surface area contributed by atoms with Crippen LogP contribution in [-0.4, -0.2) is 21.6 Å². The van der Waals surface area contributed by atoms with E-state index in [9.17, 15) is 5.11 Å². The van der Waals surface area contributed by atoms with Crippen molar-refractivity contribution in [2.45, 2.75) is 13.3 Å². The number of nitrogens with two attached hydrogens (primary N) is 1. The van der Waals surface area contributed by atoms with E-state index in [0.717, 1.165) is 29.2 Å². The van der Waals surface area contributed by atoms with Gasteiger partial charge in [-0.25, -0.2) is 4.98 Å². The normalized spacial score (nSPS) is 10.6. The van der Waals surface area contributed by atoms with E-state index in [4.69, 9.17) is 5.73 Å². The lowest BCUT2D eigenvalue weighted by Crippen LogP contribution is -2.03. The molecule has 4 N–H and O–H groups in total. The molecule has 2 rings (SSSR count). The zero-order chi connectivity index (χ0) is 11.5. The number of rotatable bonds is 3. The van der Waals surface area contributed by atoms with Gasteiger partial charge in [-0.1, -0.05) is 0 Å². The highest BCUT2D eigenvalue weighted by Gasteiger charge is 2.07. The summed E-state index contributed by atoms with van der Waals surface area (Å²) in [6.45, 7) is 2.59. The SMILES string of the molecule is Cc1[nH]c(-c2ccc(O)cc2)nc1CCN. The topological polar surface area (TPSA) is 74.9 Å². The summed E-state index contributed by atoms with van der Waals surface area (Å²) in [6.07, 6.45) is 0.778. The van der Waals surface area contributed by atoms with Gasteiger partial charge in [-0.05, 0) is 37.7 Å². The third-order valence-corrected chi connectivity index (χ3v) is 2.51. The van der Waals surface area contributed by atoms with Crippen LogP contribution in [0.25, 0.3) is 11.4 Å². The van der Waals surface area contributed by atoms with Crippen molar-refractivity contribution in [1.82, 2.24) is 9.97 Å². The number of phenols is 1. The standard InChI is InChI=1S/C12H15N3O/c1-8-11(6-7-13)15-12(14-8)9-2-4-10(16)5-3-9/h2-5,16H,6-7,13H2,1H3,(H,14,15). The fourth-order valence-corrected chi connectivity index (χ4v) is 1.63. The van der Waals surface area contributed by atoms with Crippen LogP contribution in [0.5, 0.6) is 5.75 Å². The second kappa shape index (κ2) is 4.37. The number of H-pyrrole nitrogens is 1. The Balaban J connectivity index is 2.33. The molecule has 0 aliphatic rings. The number of benzene rings is 1. The van der Waals surface area contributed by atoms with Gasteiger partial charge >= 0.3 is 0 Å². The molecule has 84 valence electrons. The van der Waals surface area contributed by atoms with E-state index in [-0.39, 0.29) is 5.75 Å². The minimum Gasteiger partial charge on any atom is -0.508 e. The van der Waals surface area contributed by atoms with Gasteiger partial charge in [0.1, 0.15) is 11.6 Å². The smallest absolute Gasteiger partial charge is 0.137 e. The summed E-state index contributed by atoms with van der Waals surface area (Å²) in [5.41, 5.74) is 8.53. The molecule has 0 saturated heterocycles. The summed E-state index contributed by atoms with van der Waals surface area (Å²) in [4.78, 5) is 7.70. The van der Waals surface area contributed by atoms with Crippen LogP contribution in [-0.2, 0) is 6.42 Å². The summed E-state index contributed by atoms with van der Waals surface area (Å²) in [5, 5.41) is 9.20. The van der Waals surface area contributed by atoms with Gasteiger partial charge in [-0.3, -0.25) is 0 Å². The van der Waals surface area contributed by atoms with Crippen molar-refractivity contribution in [1.29, 1.82) is 0 Å². The summed E-state index contributed by atoms with van der Waals surface area (Å²) in [5.74, 6) is 1.08. The minimum atomic E-state index is 0.259. The number of nitrogens with one attached hydrogen (secondary N) is 1. The van der Waals surface area contributed by atoms with Crippen molar-refractivity contribution in [2.24, 2.45) is 5.73 Å². The third kappa shape index (κ3) is 2.06. The van der Waals surface area contributed by atoms with E-state index >= 15 is 0 Å². The maximum Gasteiger partial charge on any atom is 0.137 e. The molecule has 1 aromatic carbocycles. The molecule has 0 spiro atoms. The zero-order valence-electron chi connectivity index (χ0n) is 9.20. The molecule has 16 heavy (non-hydrogen) atoms. The van der Waals surface area contributed by atoms with Crippen LogP contribution in [0.15, 0.2) is 24.3 Å². The largest absolute Gasteiger partial charge is 0.508 e. The van der Waals surface area contributed by atoms with Gasteiger partial charge in [0.25, 0.3) is 0 Å². The molecule has 1 heterocycles. The number of aromatic nitrogens is 2. The highest BCUT2D eigenvalue weighted by atomic mass is 16.3. The fourth-order valence-electron chi connectivity index (χ4n) is 1.63. The predicted octanol–water partition coefficient (Wildman–Crippen LogP) is 1.59. The molecular weight excluding hydrogens is 202 g/mol. The molecule has 2 aromatic rings. The number of aromatic hydroxyl groups is 1. The summed E-state index contributed by atoms with van der Waals surface area (Å²) >= 11 is 0. The van der Waals surface area contributed by atoms with Crippen molar-refractivity contribution in [3.05, 3.63) is 35.7 Å². The highest BCUT2D eigenvalue weighted by molar-refractivity contribution is 5.57. The molecular formula is C12H15N3O. The third-order valence-electron chi connectivity index (χ3n) is 2.51. The molecule has 0 aliphatic heterocycles. The predicted molar refractivity (Wildman–Crippen MR) is 63.2 cm³/mol. The van der Waals surface area contributed by atoms with Crippen LogP contribution in [0.1, 0.15) is 11.4 Å². The van der Waals surface area contributed by atoms with Crippen LogP contribution in [0, 0.1) is 6.92 Å². The Morgan fingerprint density at radius 2 is 2.00 bits per heavy atom. The monoisotopic (exact) mass is 217 g/mol. The van der Waals surface area contributed by atoms with Gasteiger partial charge in [0, 0.05) is 17.7 Å². The first kappa shape index (κ1) is 10.7. The quantitative estimate of drug-likeness (QED) is 0.730. The Labute approximate surface area is 94.1 Å². The molecule has 0 bridgehead atoms. The zero-order valence-corrected chi connectivity index (χ0v) is 9.20. The number of aromatic amines is 1. The first-order valence-corrected chi connectivity index (χ1v) is 5.25. The van der Waals surface area contributed by atoms with Crippen molar-refractivity contribution >= 4 is 0 Å². The summed E-state index contributed by atoms with van der Waals surface area (Å²) < 4.78 is 0. The van der Waals surface area contributed by atoms with Gasteiger partial charge < -0.3 is 15.8 Å². The second-order valence-electron chi connectivity index (χ2n) is 3.74. The number of hydrogen-bond donors (Lipinski definition) is 3. The second-order valence-corrected chi connectivity index (χ2v) is 3.74. The fraction of sp³-hybridized carbons (Fsp3) is 0.250. The van der Waals surface area contributed by atoms with E-state index in [1.807, 2.05) is 19.1 Å².